The van der Waals surface area contributed by atoms with Crippen LogP contribution in [-0.4, -0.2) is 17.7 Å². The van der Waals surface area contributed by atoms with E-state index in [0.717, 1.165) is 12.1 Å². The van der Waals surface area contributed by atoms with E-state index < -0.39 is 28.8 Å². The summed E-state index contributed by atoms with van der Waals surface area (Å²) in [7, 11) is 0. The van der Waals surface area contributed by atoms with Crippen LogP contribution in [0.4, 0.5) is 8.78 Å². The molecular formula is C13H10F2O3. The summed E-state index contributed by atoms with van der Waals surface area (Å²) in [4.78, 5) is 23.6. The molecule has 0 bridgehead atoms. The van der Waals surface area contributed by atoms with Gasteiger partial charge in [0.05, 0.1) is 11.7 Å². The fourth-order valence-electron chi connectivity index (χ4n) is 1.73. The Morgan fingerprint density at radius 1 is 1.17 bits per heavy atom. The highest BCUT2D eigenvalue weighted by Gasteiger charge is 2.30. The molecule has 0 amide bonds. The van der Waals surface area contributed by atoms with Crippen molar-refractivity contribution in [2.75, 3.05) is 0 Å². The molecule has 0 aliphatic heterocycles. The van der Waals surface area contributed by atoms with Crippen molar-refractivity contribution in [1.29, 1.82) is 0 Å². The van der Waals surface area contributed by atoms with Gasteiger partial charge in [-0.1, -0.05) is 0 Å². The second-order valence-electron chi connectivity index (χ2n) is 4.18. The van der Waals surface area contributed by atoms with E-state index in [4.69, 9.17) is 4.74 Å². The van der Waals surface area contributed by atoms with Crippen LogP contribution in [-0.2, 0) is 4.74 Å². The van der Waals surface area contributed by atoms with E-state index in [0.29, 0.717) is 6.07 Å². The first-order chi connectivity index (χ1) is 8.40. The third kappa shape index (κ3) is 2.03. The zero-order valence-corrected chi connectivity index (χ0v) is 9.79. The molecule has 0 N–H and O–H groups in total. The molecule has 1 aromatic rings. The Bertz CT molecular complexity index is 574. The molecule has 0 radical (unpaired) electrons. The normalized spacial score (nSPS) is 14.6. The fraction of sp³-hybridized carbons (Fsp3) is 0.231. The van der Waals surface area contributed by atoms with Gasteiger partial charge in [0.25, 0.3) is 0 Å². The first-order valence-electron chi connectivity index (χ1n) is 5.36. The van der Waals surface area contributed by atoms with Crippen molar-refractivity contribution in [2.45, 2.75) is 20.0 Å². The lowest BCUT2D eigenvalue weighted by atomic mass is 9.93. The van der Waals surface area contributed by atoms with E-state index >= 15 is 0 Å². The van der Waals surface area contributed by atoms with Crippen LogP contribution in [0.1, 0.15) is 34.6 Å². The number of carbonyl (C=O) groups excluding carboxylic acids is 2. The maximum atomic E-state index is 13.5. The third-order valence-corrected chi connectivity index (χ3v) is 2.39. The van der Waals surface area contributed by atoms with E-state index in [9.17, 15) is 18.4 Å². The Kier molecular flexibility index (Phi) is 2.98. The standard InChI is InChI=1S/C13H10F2O3/c1-6(2)18-11-5-10(16)12-8(13(11)17)3-7(14)4-9(12)15/h3-6H,1-2H3. The Labute approximate surface area is 102 Å². The molecule has 0 saturated heterocycles. The number of benzene rings is 1. The molecular weight excluding hydrogens is 242 g/mol. The van der Waals surface area contributed by atoms with Crippen molar-refractivity contribution in [3.05, 3.63) is 46.7 Å². The van der Waals surface area contributed by atoms with Crippen LogP contribution in [0.2, 0.25) is 0 Å². The lowest BCUT2D eigenvalue weighted by Gasteiger charge is -2.18. The predicted molar refractivity (Wildman–Crippen MR) is 59.3 cm³/mol. The van der Waals surface area contributed by atoms with E-state index in [2.05, 4.69) is 0 Å². The number of rotatable bonds is 2. The highest BCUT2D eigenvalue weighted by molar-refractivity contribution is 6.23. The summed E-state index contributed by atoms with van der Waals surface area (Å²) in [6.45, 7) is 3.36. The van der Waals surface area contributed by atoms with Crippen LogP contribution in [0.25, 0.3) is 0 Å². The topological polar surface area (TPSA) is 43.4 Å². The highest BCUT2D eigenvalue weighted by atomic mass is 19.1. The molecule has 0 unspecified atom stereocenters. The maximum absolute atomic E-state index is 13.5. The number of halogens is 2. The number of carbonyl (C=O) groups is 2. The summed E-state index contributed by atoms with van der Waals surface area (Å²) >= 11 is 0. The van der Waals surface area contributed by atoms with Gasteiger partial charge in [-0.2, -0.15) is 0 Å². The summed E-state index contributed by atoms with van der Waals surface area (Å²) in [5.41, 5.74) is -0.701. The number of hydrogen-bond donors (Lipinski definition) is 0. The number of ketones is 2. The lowest BCUT2D eigenvalue weighted by molar-refractivity contribution is 0.0808. The minimum atomic E-state index is -1.04. The smallest absolute Gasteiger partial charge is 0.228 e. The van der Waals surface area contributed by atoms with Gasteiger partial charge in [0, 0.05) is 17.7 Å². The number of hydrogen-bond acceptors (Lipinski definition) is 3. The van der Waals surface area contributed by atoms with Gasteiger partial charge in [-0.15, -0.1) is 0 Å². The third-order valence-electron chi connectivity index (χ3n) is 2.39. The summed E-state index contributed by atoms with van der Waals surface area (Å²) in [5, 5.41) is 0. The molecule has 1 aliphatic rings. The number of ether oxygens (including phenoxy) is 1. The van der Waals surface area contributed by atoms with Gasteiger partial charge in [-0.25, -0.2) is 8.78 Å². The minimum absolute atomic E-state index is 0.187. The van der Waals surface area contributed by atoms with Crippen LogP contribution < -0.4 is 0 Å². The minimum Gasteiger partial charge on any atom is -0.487 e. The second-order valence-corrected chi connectivity index (χ2v) is 4.18. The van der Waals surface area contributed by atoms with Gasteiger partial charge < -0.3 is 4.74 Å². The average molecular weight is 252 g/mol. The summed E-state index contributed by atoms with van der Waals surface area (Å²) in [5.74, 6) is -3.51. The predicted octanol–water partition coefficient (Wildman–Crippen LogP) is 2.65. The monoisotopic (exact) mass is 252 g/mol. The SMILES string of the molecule is CC(C)OC1=CC(=O)c2c(F)cc(F)cc2C1=O. The Morgan fingerprint density at radius 2 is 1.83 bits per heavy atom. The molecule has 18 heavy (non-hydrogen) atoms. The quantitative estimate of drug-likeness (QED) is 0.812. The first-order valence-corrected chi connectivity index (χ1v) is 5.36. The van der Waals surface area contributed by atoms with E-state index in [1.165, 1.54) is 0 Å². The van der Waals surface area contributed by atoms with Crippen LogP contribution in [0.15, 0.2) is 24.0 Å². The summed E-state index contributed by atoms with van der Waals surface area (Å²) in [6, 6.07) is 1.42. The van der Waals surface area contributed by atoms with E-state index in [-0.39, 0.29) is 17.4 Å². The molecule has 0 fully saturated rings. The van der Waals surface area contributed by atoms with Gasteiger partial charge in [0.1, 0.15) is 11.6 Å². The van der Waals surface area contributed by atoms with Crippen molar-refractivity contribution >= 4 is 11.6 Å². The van der Waals surface area contributed by atoms with Gasteiger partial charge in [-0.3, -0.25) is 9.59 Å². The van der Waals surface area contributed by atoms with Crippen molar-refractivity contribution in [2.24, 2.45) is 0 Å². The first kappa shape index (κ1) is 12.4. The van der Waals surface area contributed by atoms with Gasteiger partial charge >= 0.3 is 0 Å². The largest absolute Gasteiger partial charge is 0.487 e. The Balaban J connectivity index is 2.55. The van der Waals surface area contributed by atoms with Gasteiger partial charge in [0.15, 0.2) is 11.5 Å². The van der Waals surface area contributed by atoms with Crippen molar-refractivity contribution in [3.63, 3.8) is 0 Å². The molecule has 0 spiro atoms. The maximum Gasteiger partial charge on any atom is 0.228 e. The van der Waals surface area contributed by atoms with Gasteiger partial charge in [-0.05, 0) is 19.9 Å². The van der Waals surface area contributed by atoms with Crippen molar-refractivity contribution in [3.8, 4) is 0 Å². The van der Waals surface area contributed by atoms with Crippen LogP contribution in [0, 0.1) is 11.6 Å². The zero-order valence-electron chi connectivity index (χ0n) is 9.79. The molecule has 5 heteroatoms. The molecule has 0 heterocycles. The number of allylic oxidation sites excluding steroid dienone is 2. The lowest BCUT2D eigenvalue weighted by Crippen LogP contribution is -2.22. The highest BCUT2D eigenvalue weighted by Crippen LogP contribution is 2.26. The van der Waals surface area contributed by atoms with Crippen LogP contribution in [0.3, 0.4) is 0 Å². The summed E-state index contributed by atoms with van der Waals surface area (Å²) < 4.78 is 31.7. The number of Topliss-reactive ketones (excluding diaryl/α,β-unsaturated/α-hetero) is 1. The molecule has 3 nitrogen and oxygen atoms in total. The summed E-state index contributed by atoms with van der Waals surface area (Å²) in [6.07, 6.45) is 0.624. The molecule has 0 atom stereocenters. The molecule has 94 valence electrons. The van der Waals surface area contributed by atoms with E-state index in [1.54, 1.807) is 13.8 Å². The van der Waals surface area contributed by atoms with Gasteiger partial charge in [0.2, 0.25) is 5.78 Å². The second kappa shape index (κ2) is 4.33. The number of fused-ring (bicyclic) bond motifs is 1. The average Bonchev–Trinajstić information content (AvgIpc) is 2.23. The van der Waals surface area contributed by atoms with Crippen molar-refractivity contribution in [1.82, 2.24) is 0 Å². The molecule has 1 aromatic carbocycles. The fourth-order valence-corrected chi connectivity index (χ4v) is 1.73. The molecule has 1 aliphatic carbocycles. The van der Waals surface area contributed by atoms with Crippen LogP contribution in [0.5, 0.6) is 0 Å². The van der Waals surface area contributed by atoms with E-state index in [1.807, 2.05) is 0 Å². The Hall–Kier alpha value is -2.04. The Morgan fingerprint density at radius 3 is 2.44 bits per heavy atom. The molecule has 0 aromatic heterocycles. The van der Waals surface area contributed by atoms with Crippen LogP contribution >= 0.6 is 0 Å². The zero-order chi connectivity index (χ0) is 13.4. The molecule has 2 rings (SSSR count). The molecule has 0 saturated carbocycles. The van der Waals surface area contributed by atoms with Crippen molar-refractivity contribution < 1.29 is 23.1 Å².